The quantitative estimate of drug-likeness (QED) is 0.551. The number of hydrogen-bond acceptors (Lipinski definition) is 1. The molecule has 0 aromatic carbocycles. The predicted molar refractivity (Wildman–Crippen MR) is 31.4 cm³/mol. The molecule has 2 heteroatoms. The average molecular weight is 118 g/mol. The zero-order valence-electron chi connectivity index (χ0n) is 4.81. The number of hydrogen-bond donors (Lipinski definition) is 1. The Morgan fingerprint density at radius 1 is 1.75 bits per heavy atom. The van der Waals surface area contributed by atoms with Crippen molar-refractivity contribution < 1.29 is 9.50 Å². The Balaban J connectivity index is 3.03. The number of alkyl halides is 1. The molecular weight excluding hydrogens is 107 g/mol. The van der Waals surface area contributed by atoms with Crippen LogP contribution in [-0.4, -0.2) is 17.9 Å². The Morgan fingerprint density at radius 2 is 2.38 bits per heavy atom. The van der Waals surface area contributed by atoms with Crippen LogP contribution < -0.4 is 0 Å². The lowest BCUT2D eigenvalue weighted by atomic mass is 10.2. The van der Waals surface area contributed by atoms with Crippen LogP contribution in [0, 0.1) is 0 Å². The fraction of sp³-hybridized carbons (Fsp3) is 0.667. The first-order chi connectivity index (χ1) is 3.81. The maximum Gasteiger partial charge on any atom is 0.0919 e. The maximum atomic E-state index is 11.4. The molecule has 0 aromatic rings. The molecule has 1 N–H and O–H groups in total. The fourth-order valence-electron chi connectivity index (χ4n) is 0.436. The minimum absolute atomic E-state index is 0.228. The lowest BCUT2D eigenvalue weighted by Gasteiger charge is -2.01. The van der Waals surface area contributed by atoms with Crippen LogP contribution >= 0.6 is 0 Å². The Morgan fingerprint density at radius 3 is 2.75 bits per heavy atom. The third-order valence-electron chi connectivity index (χ3n) is 0.881. The molecule has 0 aromatic heterocycles. The summed E-state index contributed by atoms with van der Waals surface area (Å²) < 4.78 is 11.4. The summed E-state index contributed by atoms with van der Waals surface area (Å²) in [5, 5.41) is 8.74. The van der Waals surface area contributed by atoms with Crippen molar-refractivity contribution in [2.45, 2.75) is 18.9 Å². The summed E-state index contributed by atoms with van der Waals surface area (Å²) in [5.74, 6) is 0. The summed E-state index contributed by atoms with van der Waals surface area (Å²) >= 11 is 0. The van der Waals surface area contributed by atoms with E-state index in [4.69, 9.17) is 5.11 Å². The van der Waals surface area contributed by atoms with Gasteiger partial charge in [-0.25, -0.2) is 0 Å². The van der Waals surface area contributed by atoms with E-state index in [0.29, 0.717) is 6.42 Å². The molecule has 8 heavy (non-hydrogen) atoms. The largest absolute Gasteiger partial charge is 0.393 e. The third-order valence-corrected chi connectivity index (χ3v) is 0.881. The van der Waals surface area contributed by atoms with E-state index in [9.17, 15) is 4.39 Å². The van der Waals surface area contributed by atoms with E-state index in [0.717, 1.165) is 0 Å². The topological polar surface area (TPSA) is 20.2 Å². The molecule has 0 fully saturated rings. The first kappa shape index (κ1) is 7.63. The summed E-state index contributed by atoms with van der Waals surface area (Å²) in [6, 6.07) is 0. The summed E-state index contributed by atoms with van der Waals surface area (Å²) in [6.07, 6.45) is 1.77. The van der Waals surface area contributed by atoms with Gasteiger partial charge in [0.25, 0.3) is 0 Å². The van der Waals surface area contributed by atoms with Crippen molar-refractivity contribution in [1.29, 1.82) is 0 Å². The molecular formula is C6H11FO. The molecule has 0 heterocycles. The van der Waals surface area contributed by atoms with Gasteiger partial charge < -0.3 is 5.11 Å². The minimum atomic E-state index is -0.530. The van der Waals surface area contributed by atoms with Gasteiger partial charge in [0.2, 0.25) is 0 Å². The smallest absolute Gasteiger partial charge is 0.0919 e. The van der Waals surface area contributed by atoms with Crippen molar-refractivity contribution in [3.63, 3.8) is 0 Å². The van der Waals surface area contributed by atoms with Gasteiger partial charge in [-0.1, -0.05) is 6.08 Å². The molecule has 0 aliphatic rings. The fourth-order valence-corrected chi connectivity index (χ4v) is 0.436. The Hall–Kier alpha value is -0.370. The van der Waals surface area contributed by atoms with E-state index in [1.165, 1.54) is 0 Å². The molecule has 0 aliphatic carbocycles. The highest BCUT2D eigenvalue weighted by Gasteiger charge is 1.97. The molecule has 0 aliphatic heterocycles. The molecule has 0 rings (SSSR count). The summed E-state index contributed by atoms with van der Waals surface area (Å²) in [7, 11) is 0. The Labute approximate surface area is 48.8 Å². The van der Waals surface area contributed by atoms with Crippen molar-refractivity contribution in [2.24, 2.45) is 0 Å². The lowest BCUT2D eigenvalue weighted by Crippen LogP contribution is -2.04. The van der Waals surface area contributed by atoms with Crippen LogP contribution in [0.15, 0.2) is 12.7 Å². The second kappa shape index (κ2) is 4.78. The van der Waals surface area contributed by atoms with Gasteiger partial charge in [-0.15, -0.1) is 6.58 Å². The Kier molecular flexibility index (Phi) is 4.56. The molecule has 0 spiro atoms. The van der Waals surface area contributed by atoms with E-state index in [-0.39, 0.29) is 6.42 Å². The number of aliphatic hydroxyl groups is 1. The monoisotopic (exact) mass is 118 g/mol. The molecule has 0 saturated carbocycles. The van der Waals surface area contributed by atoms with Crippen LogP contribution in [0.4, 0.5) is 4.39 Å². The highest BCUT2D eigenvalue weighted by Crippen LogP contribution is 1.97. The van der Waals surface area contributed by atoms with E-state index >= 15 is 0 Å². The molecule has 1 atom stereocenters. The molecule has 1 nitrogen and oxygen atoms in total. The van der Waals surface area contributed by atoms with Crippen molar-refractivity contribution in [2.75, 3.05) is 6.67 Å². The van der Waals surface area contributed by atoms with Gasteiger partial charge >= 0.3 is 0 Å². The van der Waals surface area contributed by atoms with Crippen LogP contribution in [0.3, 0.4) is 0 Å². The maximum absolute atomic E-state index is 11.4. The van der Waals surface area contributed by atoms with Crippen molar-refractivity contribution >= 4 is 0 Å². The van der Waals surface area contributed by atoms with Crippen molar-refractivity contribution in [1.82, 2.24) is 0 Å². The van der Waals surface area contributed by atoms with E-state index in [1.54, 1.807) is 6.08 Å². The highest BCUT2D eigenvalue weighted by molar-refractivity contribution is 4.71. The van der Waals surface area contributed by atoms with Gasteiger partial charge in [-0.3, -0.25) is 4.39 Å². The molecule has 48 valence electrons. The standard InChI is InChI=1S/C6H11FO/c1-2-3-6(8)4-5-7/h2,6,8H,1,3-5H2. The second-order valence-electron chi connectivity index (χ2n) is 1.66. The van der Waals surface area contributed by atoms with Crippen LogP contribution in [0.1, 0.15) is 12.8 Å². The number of halogens is 1. The van der Waals surface area contributed by atoms with Crippen molar-refractivity contribution in [3.05, 3.63) is 12.7 Å². The average Bonchev–Trinajstić information content (AvgIpc) is 1.68. The predicted octanol–water partition coefficient (Wildman–Crippen LogP) is 1.28. The second-order valence-corrected chi connectivity index (χ2v) is 1.66. The van der Waals surface area contributed by atoms with Gasteiger partial charge in [0.05, 0.1) is 12.8 Å². The first-order valence-corrected chi connectivity index (χ1v) is 2.66. The molecule has 0 radical (unpaired) electrons. The zero-order chi connectivity index (χ0) is 6.41. The van der Waals surface area contributed by atoms with E-state index in [2.05, 4.69) is 6.58 Å². The zero-order valence-corrected chi connectivity index (χ0v) is 4.81. The van der Waals surface area contributed by atoms with Gasteiger partial charge in [0, 0.05) is 6.42 Å². The SMILES string of the molecule is C=CCC(O)CCF. The van der Waals surface area contributed by atoms with Crippen LogP contribution in [-0.2, 0) is 0 Å². The lowest BCUT2D eigenvalue weighted by molar-refractivity contribution is 0.157. The Bertz CT molecular complexity index is 63.5. The van der Waals surface area contributed by atoms with Gasteiger partial charge in [-0.2, -0.15) is 0 Å². The van der Waals surface area contributed by atoms with Crippen molar-refractivity contribution in [3.8, 4) is 0 Å². The van der Waals surface area contributed by atoms with Crippen LogP contribution in [0.2, 0.25) is 0 Å². The summed E-state index contributed by atoms with van der Waals surface area (Å²) in [4.78, 5) is 0. The van der Waals surface area contributed by atoms with Gasteiger partial charge in [0.1, 0.15) is 0 Å². The third kappa shape index (κ3) is 3.81. The minimum Gasteiger partial charge on any atom is -0.393 e. The number of rotatable bonds is 4. The summed E-state index contributed by atoms with van der Waals surface area (Å²) in [6.45, 7) is 2.95. The molecule has 1 unspecified atom stereocenters. The summed E-state index contributed by atoms with van der Waals surface area (Å²) in [5.41, 5.74) is 0. The van der Waals surface area contributed by atoms with Crippen LogP contribution in [0.5, 0.6) is 0 Å². The normalized spacial score (nSPS) is 13.2. The molecule has 0 saturated heterocycles. The van der Waals surface area contributed by atoms with Crippen LogP contribution in [0.25, 0.3) is 0 Å². The number of aliphatic hydroxyl groups excluding tert-OH is 1. The highest BCUT2D eigenvalue weighted by atomic mass is 19.1. The van der Waals surface area contributed by atoms with Gasteiger partial charge in [-0.05, 0) is 6.42 Å². The van der Waals surface area contributed by atoms with E-state index < -0.39 is 12.8 Å². The first-order valence-electron chi connectivity index (χ1n) is 2.66. The van der Waals surface area contributed by atoms with E-state index in [1.807, 2.05) is 0 Å². The molecule has 0 amide bonds. The molecule has 0 bridgehead atoms. The van der Waals surface area contributed by atoms with Gasteiger partial charge in [0.15, 0.2) is 0 Å².